The molecule has 22 heavy (non-hydrogen) atoms. The number of nitriles is 1. The minimum atomic E-state index is -0.380. The average molecular weight is 299 g/mol. The monoisotopic (exact) mass is 299 g/mol. The van der Waals surface area contributed by atoms with E-state index in [-0.39, 0.29) is 18.0 Å². The fourth-order valence-electron chi connectivity index (χ4n) is 3.15. The molecule has 0 bridgehead atoms. The molecule has 2 aromatic rings. The van der Waals surface area contributed by atoms with E-state index in [2.05, 4.69) is 11.0 Å². The van der Waals surface area contributed by atoms with Gasteiger partial charge in [-0.1, -0.05) is 12.1 Å². The Morgan fingerprint density at radius 2 is 2.09 bits per heavy atom. The van der Waals surface area contributed by atoms with Crippen LogP contribution in [-0.2, 0) is 13.6 Å². The van der Waals surface area contributed by atoms with Crippen LogP contribution in [0.25, 0.3) is 0 Å². The molecule has 1 fully saturated rings. The Hall–Kier alpha value is -2.16. The number of benzene rings is 1. The van der Waals surface area contributed by atoms with E-state index in [4.69, 9.17) is 5.26 Å². The van der Waals surface area contributed by atoms with Crippen LogP contribution in [0.4, 0.5) is 4.39 Å². The molecule has 0 radical (unpaired) electrons. The summed E-state index contributed by atoms with van der Waals surface area (Å²) < 4.78 is 14.9. The van der Waals surface area contributed by atoms with Crippen molar-refractivity contribution in [1.29, 1.82) is 5.26 Å². The lowest BCUT2D eigenvalue weighted by Gasteiger charge is -2.24. The number of halogens is 1. The van der Waals surface area contributed by atoms with Crippen LogP contribution in [0.5, 0.6) is 0 Å². The fraction of sp³-hybridized carbons (Fsp3) is 0.353. The van der Waals surface area contributed by atoms with Gasteiger partial charge in [0.25, 0.3) is 0 Å². The Labute approximate surface area is 129 Å². The highest BCUT2D eigenvalue weighted by Crippen LogP contribution is 2.33. The summed E-state index contributed by atoms with van der Waals surface area (Å²) in [4.78, 5) is 2.17. The van der Waals surface area contributed by atoms with Crippen molar-refractivity contribution in [2.24, 2.45) is 7.05 Å². The zero-order chi connectivity index (χ0) is 15.7. The normalized spacial score (nSPS) is 21.9. The van der Waals surface area contributed by atoms with Crippen LogP contribution >= 0.6 is 0 Å². The number of aryl methyl sites for hydroxylation is 1. The van der Waals surface area contributed by atoms with Gasteiger partial charge in [-0.05, 0) is 35.7 Å². The van der Waals surface area contributed by atoms with Crippen LogP contribution < -0.4 is 0 Å². The zero-order valence-electron chi connectivity index (χ0n) is 12.4. The standard InChI is InChI=1S/C17H18FN3O/c1-20-9-12(6-15(20)8-19)10-21-11-16(22)7-17(21)13-2-4-14(18)5-3-13/h2-6,9,16-17,22H,7,10-11H2,1H3. The predicted octanol–water partition coefficient (Wildman–Crippen LogP) is 2.34. The summed E-state index contributed by atoms with van der Waals surface area (Å²) in [6.07, 6.45) is 2.20. The maximum atomic E-state index is 13.1. The highest BCUT2D eigenvalue weighted by atomic mass is 19.1. The lowest BCUT2D eigenvalue weighted by Crippen LogP contribution is -2.24. The number of likely N-dealkylation sites (tertiary alicyclic amines) is 1. The third-order valence-corrected chi connectivity index (χ3v) is 4.20. The van der Waals surface area contributed by atoms with Crippen molar-refractivity contribution in [3.05, 3.63) is 59.2 Å². The highest BCUT2D eigenvalue weighted by molar-refractivity contribution is 5.29. The van der Waals surface area contributed by atoms with Crippen molar-refractivity contribution in [2.75, 3.05) is 6.54 Å². The summed E-state index contributed by atoms with van der Waals surface area (Å²) in [6.45, 7) is 1.24. The highest BCUT2D eigenvalue weighted by Gasteiger charge is 2.32. The Balaban J connectivity index is 1.81. The van der Waals surface area contributed by atoms with E-state index in [1.807, 2.05) is 19.3 Å². The van der Waals surface area contributed by atoms with Gasteiger partial charge in [0.05, 0.1) is 6.10 Å². The predicted molar refractivity (Wildman–Crippen MR) is 80.3 cm³/mol. The van der Waals surface area contributed by atoms with Gasteiger partial charge in [0.1, 0.15) is 17.6 Å². The topological polar surface area (TPSA) is 52.2 Å². The van der Waals surface area contributed by atoms with Crippen LogP contribution in [-0.4, -0.2) is 27.2 Å². The summed E-state index contributed by atoms with van der Waals surface area (Å²) in [5.41, 5.74) is 2.67. The Bertz CT molecular complexity index is 702. The molecular formula is C17H18FN3O. The van der Waals surface area contributed by atoms with E-state index in [0.29, 0.717) is 25.2 Å². The Morgan fingerprint density at radius 1 is 1.36 bits per heavy atom. The lowest BCUT2D eigenvalue weighted by molar-refractivity contribution is 0.172. The largest absolute Gasteiger partial charge is 0.392 e. The second-order valence-electron chi connectivity index (χ2n) is 5.84. The second kappa shape index (κ2) is 5.91. The van der Waals surface area contributed by atoms with Gasteiger partial charge >= 0.3 is 0 Å². The average Bonchev–Trinajstić information content (AvgIpc) is 3.02. The second-order valence-corrected chi connectivity index (χ2v) is 5.84. The van der Waals surface area contributed by atoms with E-state index in [1.165, 1.54) is 12.1 Å². The van der Waals surface area contributed by atoms with Crippen molar-refractivity contribution in [3.63, 3.8) is 0 Å². The molecular weight excluding hydrogens is 281 g/mol. The van der Waals surface area contributed by atoms with Gasteiger partial charge in [-0.3, -0.25) is 4.90 Å². The summed E-state index contributed by atoms with van der Waals surface area (Å²) in [7, 11) is 1.85. The number of nitrogens with zero attached hydrogens (tertiary/aromatic N) is 3. The molecule has 1 aromatic carbocycles. The van der Waals surface area contributed by atoms with Crippen LogP contribution in [0.2, 0.25) is 0 Å². The number of aliphatic hydroxyl groups is 1. The fourth-order valence-corrected chi connectivity index (χ4v) is 3.15. The molecule has 2 heterocycles. The molecule has 0 saturated carbocycles. The van der Waals surface area contributed by atoms with Gasteiger partial charge in [0.2, 0.25) is 0 Å². The molecule has 3 rings (SSSR count). The van der Waals surface area contributed by atoms with Gasteiger partial charge < -0.3 is 9.67 Å². The molecule has 0 aliphatic carbocycles. The third-order valence-electron chi connectivity index (χ3n) is 4.20. The van der Waals surface area contributed by atoms with Crippen LogP contribution in [0.3, 0.4) is 0 Å². The first-order valence-electron chi connectivity index (χ1n) is 7.29. The van der Waals surface area contributed by atoms with Gasteiger partial charge in [0.15, 0.2) is 0 Å². The lowest BCUT2D eigenvalue weighted by atomic mass is 10.0. The summed E-state index contributed by atoms with van der Waals surface area (Å²) in [5.74, 6) is -0.254. The van der Waals surface area contributed by atoms with E-state index < -0.39 is 0 Å². The summed E-state index contributed by atoms with van der Waals surface area (Å²) in [6, 6.07) is 10.5. The molecule has 2 unspecified atom stereocenters. The minimum Gasteiger partial charge on any atom is -0.392 e. The molecule has 1 aliphatic heterocycles. The smallest absolute Gasteiger partial charge is 0.123 e. The van der Waals surface area contributed by atoms with Crippen LogP contribution in [0.1, 0.15) is 29.3 Å². The van der Waals surface area contributed by atoms with Crippen molar-refractivity contribution in [2.45, 2.75) is 25.1 Å². The Kier molecular flexibility index (Phi) is 3.97. The number of aromatic nitrogens is 1. The maximum absolute atomic E-state index is 13.1. The van der Waals surface area contributed by atoms with Crippen LogP contribution in [0.15, 0.2) is 36.5 Å². The van der Waals surface area contributed by atoms with Crippen molar-refractivity contribution >= 4 is 0 Å². The van der Waals surface area contributed by atoms with E-state index in [9.17, 15) is 9.50 Å². The van der Waals surface area contributed by atoms with Gasteiger partial charge in [-0.15, -0.1) is 0 Å². The minimum absolute atomic E-state index is 0.0707. The van der Waals surface area contributed by atoms with Gasteiger partial charge in [0, 0.05) is 32.4 Å². The van der Waals surface area contributed by atoms with Crippen molar-refractivity contribution < 1.29 is 9.50 Å². The summed E-state index contributed by atoms with van der Waals surface area (Å²) in [5, 5.41) is 19.0. The first-order chi connectivity index (χ1) is 10.6. The van der Waals surface area contributed by atoms with Crippen molar-refractivity contribution in [3.8, 4) is 6.07 Å². The molecule has 1 N–H and O–H groups in total. The zero-order valence-corrected chi connectivity index (χ0v) is 12.4. The van der Waals surface area contributed by atoms with Gasteiger partial charge in [-0.25, -0.2) is 4.39 Å². The number of hydrogen-bond acceptors (Lipinski definition) is 3. The number of aliphatic hydroxyl groups excluding tert-OH is 1. The molecule has 114 valence electrons. The number of β-amino-alcohol motifs (C(OH)–C–C–N with tert-alkyl or cyclic N) is 1. The maximum Gasteiger partial charge on any atom is 0.123 e. The molecule has 1 aliphatic rings. The molecule has 2 atom stereocenters. The first kappa shape index (κ1) is 14.8. The molecule has 0 amide bonds. The third kappa shape index (κ3) is 2.89. The summed E-state index contributed by atoms with van der Waals surface area (Å²) >= 11 is 0. The molecule has 1 aromatic heterocycles. The number of rotatable bonds is 3. The molecule has 4 nitrogen and oxygen atoms in total. The van der Waals surface area contributed by atoms with E-state index in [1.54, 1.807) is 16.7 Å². The van der Waals surface area contributed by atoms with E-state index in [0.717, 1.165) is 11.1 Å². The van der Waals surface area contributed by atoms with E-state index >= 15 is 0 Å². The first-order valence-corrected chi connectivity index (χ1v) is 7.29. The SMILES string of the molecule is Cn1cc(CN2CC(O)CC2c2ccc(F)cc2)cc1C#N. The van der Waals surface area contributed by atoms with Crippen molar-refractivity contribution in [1.82, 2.24) is 9.47 Å². The molecule has 0 spiro atoms. The number of hydrogen-bond donors (Lipinski definition) is 1. The molecule has 5 heteroatoms. The Morgan fingerprint density at radius 3 is 2.73 bits per heavy atom. The van der Waals surface area contributed by atoms with Crippen LogP contribution in [0, 0.1) is 17.1 Å². The quantitative estimate of drug-likeness (QED) is 0.946. The van der Waals surface area contributed by atoms with Gasteiger partial charge in [-0.2, -0.15) is 5.26 Å². The molecule has 1 saturated heterocycles.